The Kier molecular flexibility index (Phi) is 3.76. The van der Waals surface area contributed by atoms with E-state index in [-0.39, 0.29) is 0 Å². The van der Waals surface area contributed by atoms with Gasteiger partial charge >= 0.3 is 0 Å². The van der Waals surface area contributed by atoms with Gasteiger partial charge in [0.2, 0.25) is 0 Å². The highest BCUT2D eigenvalue weighted by molar-refractivity contribution is 5.89. The summed E-state index contributed by atoms with van der Waals surface area (Å²) in [6, 6.07) is 27.1. The summed E-state index contributed by atoms with van der Waals surface area (Å²) in [5.41, 5.74) is 6.46. The van der Waals surface area contributed by atoms with Crippen molar-refractivity contribution >= 4 is 34.0 Å². The van der Waals surface area contributed by atoms with E-state index in [1.54, 1.807) is 6.33 Å². The van der Waals surface area contributed by atoms with Crippen LogP contribution in [0.3, 0.4) is 0 Å². The highest BCUT2D eigenvalue weighted by atomic mass is 14.8. The lowest BCUT2D eigenvalue weighted by Gasteiger charge is -2.02. The van der Waals surface area contributed by atoms with Crippen molar-refractivity contribution in [1.82, 2.24) is 15.0 Å². The number of nitrogens with one attached hydrogen (secondary N) is 1. The predicted molar refractivity (Wildman–Crippen MR) is 112 cm³/mol. The lowest BCUT2D eigenvalue weighted by atomic mass is 10.1. The molecule has 0 aliphatic heterocycles. The summed E-state index contributed by atoms with van der Waals surface area (Å²) in [5, 5.41) is 2.28. The molecule has 0 amide bonds. The number of hydrogen-bond acceptors (Lipinski definition) is 2. The van der Waals surface area contributed by atoms with Crippen LogP contribution in [0.1, 0.15) is 11.3 Å². The average molecular weight is 347 g/mol. The van der Waals surface area contributed by atoms with E-state index in [0.29, 0.717) is 0 Å². The van der Waals surface area contributed by atoms with Crippen LogP contribution in [0.25, 0.3) is 45.2 Å². The van der Waals surface area contributed by atoms with E-state index in [9.17, 15) is 0 Å². The molecule has 0 saturated heterocycles. The zero-order valence-electron chi connectivity index (χ0n) is 14.6. The number of rotatable bonds is 3. The minimum Gasteiger partial charge on any atom is -0.355 e. The number of para-hydroxylation sites is 2. The Bertz CT molecular complexity index is 1240. The molecule has 2 heterocycles. The quantitative estimate of drug-likeness (QED) is 0.438. The van der Waals surface area contributed by atoms with Crippen molar-refractivity contribution in [2.45, 2.75) is 0 Å². The monoisotopic (exact) mass is 347 g/mol. The largest absolute Gasteiger partial charge is 0.355 e. The number of H-pyrrole nitrogens is 1. The van der Waals surface area contributed by atoms with E-state index in [2.05, 4.69) is 75.6 Å². The maximum absolute atomic E-state index is 4.43. The van der Waals surface area contributed by atoms with Gasteiger partial charge in [0, 0.05) is 22.0 Å². The molecule has 0 aliphatic rings. The van der Waals surface area contributed by atoms with Gasteiger partial charge in [-0.15, -0.1) is 0 Å². The van der Waals surface area contributed by atoms with Crippen molar-refractivity contribution < 1.29 is 0 Å². The Morgan fingerprint density at radius 1 is 0.741 bits per heavy atom. The lowest BCUT2D eigenvalue weighted by molar-refractivity contribution is 1.21. The summed E-state index contributed by atoms with van der Waals surface area (Å²) in [5.74, 6) is 0. The Morgan fingerprint density at radius 2 is 1.63 bits per heavy atom. The fourth-order valence-electron chi connectivity index (χ4n) is 3.37. The van der Waals surface area contributed by atoms with Gasteiger partial charge in [0.15, 0.2) is 0 Å². The molecule has 2 aromatic heterocycles. The minimum atomic E-state index is 0.927. The summed E-state index contributed by atoms with van der Waals surface area (Å²) in [6.07, 6.45) is 5.76. The highest BCUT2D eigenvalue weighted by Gasteiger charge is 2.04. The van der Waals surface area contributed by atoms with Crippen LogP contribution >= 0.6 is 0 Å². The highest BCUT2D eigenvalue weighted by Crippen LogP contribution is 2.25. The first-order valence-electron chi connectivity index (χ1n) is 8.93. The Hall–Kier alpha value is -3.72. The summed E-state index contributed by atoms with van der Waals surface area (Å²) in [6.45, 7) is 0. The second kappa shape index (κ2) is 6.54. The molecule has 0 bridgehead atoms. The van der Waals surface area contributed by atoms with Gasteiger partial charge < -0.3 is 4.98 Å². The van der Waals surface area contributed by atoms with Crippen LogP contribution in [0.15, 0.2) is 85.2 Å². The van der Waals surface area contributed by atoms with Gasteiger partial charge in [-0.05, 0) is 41.5 Å². The molecule has 3 nitrogen and oxygen atoms in total. The molecule has 0 aliphatic carbocycles. The van der Waals surface area contributed by atoms with Crippen molar-refractivity contribution in [2.75, 3.05) is 0 Å². The van der Waals surface area contributed by atoms with Crippen LogP contribution in [0.5, 0.6) is 0 Å². The molecule has 128 valence electrons. The van der Waals surface area contributed by atoms with E-state index in [0.717, 1.165) is 33.4 Å². The van der Waals surface area contributed by atoms with E-state index >= 15 is 0 Å². The number of hydrogen-bond donors (Lipinski definition) is 1. The normalized spacial score (nSPS) is 11.6. The zero-order chi connectivity index (χ0) is 18.1. The van der Waals surface area contributed by atoms with Crippen molar-refractivity contribution in [1.29, 1.82) is 0 Å². The Morgan fingerprint density at radius 3 is 2.59 bits per heavy atom. The molecule has 0 saturated carbocycles. The number of fused-ring (bicyclic) bond motifs is 2. The number of aromatic amines is 1. The molecule has 0 fully saturated rings. The molecular weight excluding hydrogens is 330 g/mol. The van der Waals surface area contributed by atoms with Crippen LogP contribution < -0.4 is 0 Å². The Balaban J connectivity index is 1.51. The molecule has 0 radical (unpaired) electrons. The summed E-state index contributed by atoms with van der Waals surface area (Å²) in [7, 11) is 0. The first-order chi connectivity index (χ1) is 13.4. The smallest absolute Gasteiger partial charge is 0.116 e. The third-order valence-corrected chi connectivity index (χ3v) is 4.73. The molecule has 3 aromatic carbocycles. The van der Waals surface area contributed by atoms with Crippen LogP contribution in [0.4, 0.5) is 0 Å². The number of nitrogens with zero attached hydrogens (tertiary/aromatic N) is 2. The van der Waals surface area contributed by atoms with Crippen molar-refractivity contribution in [3.05, 3.63) is 96.4 Å². The molecule has 0 atom stereocenters. The van der Waals surface area contributed by atoms with E-state index < -0.39 is 0 Å². The molecule has 0 unspecified atom stereocenters. The standard InChI is InChI=1S/C24H17N3/c1-3-10-21-19(7-1)15-24(27-21)18-8-5-6-17(14-18)12-13-23-20-9-2-4-11-22(20)25-16-26-23/h1-16,27H/b13-12+. The molecule has 0 spiro atoms. The zero-order valence-corrected chi connectivity index (χ0v) is 14.6. The van der Waals surface area contributed by atoms with Crippen molar-refractivity contribution in [3.8, 4) is 11.3 Å². The number of aromatic nitrogens is 3. The van der Waals surface area contributed by atoms with Crippen molar-refractivity contribution in [3.63, 3.8) is 0 Å². The molecule has 5 rings (SSSR count). The molecule has 5 aromatic rings. The van der Waals surface area contributed by atoms with Gasteiger partial charge in [-0.2, -0.15) is 0 Å². The van der Waals surface area contributed by atoms with Crippen LogP contribution in [0.2, 0.25) is 0 Å². The minimum absolute atomic E-state index is 0.927. The summed E-state index contributed by atoms with van der Waals surface area (Å²) in [4.78, 5) is 12.2. The van der Waals surface area contributed by atoms with E-state index in [1.807, 2.05) is 30.3 Å². The predicted octanol–water partition coefficient (Wildman–Crippen LogP) is 5.95. The first-order valence-corrected chi connectivity index (χ1v) is 8.93. The summed E-state index contributed by atoms with van der Waals surface area (Å²) >= 11 is 0. The maximum atomic E-state index is 4.43. The fraction of sp³-hybridized carbons (Fsp3) is 0. The fourth-order valence-corrected chi connectivity index (χ4v) is 3.37. The van der Waals surface area contributed by atoms with Gasteiger partial charge in [0.05, 0.1) is 11.2 Å². The lowest BCUT2D eigenvalue weighted by Crippen LogP contribution is -1.86. The SMILES string of the molecule is C(=C\c1ncnc2ccccc12)/c1cccc(-c2cc3ccccc3[nH]2)c1. The van der Waals surface area contributed by atoms with Gasteiger partial charge in [0.25, 0.3) is 0 Å². The average Bonchev–Trinajstić information content (AvgIpc) is 3.17. The van der Waals surface area contributed by atoms with Crippen molar-refractivity contribution in [2.24, 2.45) is 0 Å². The summed E-state index contributed by atoms with van der Waals surface area (Å²) < 4.78 is 0. The third kappa shape index (κ3) is 3.00. The van der Waals surface area contributed by atoms with Gasteiger partial charge in [-0.3, -0.25) is 0 Å². The van der Waals surface area contributed by atoms with Gasteiger partial charge in [0.1, 0.15) is 6.33 Å². The van der Waals surface area contributed by atoms with Crippen LogP contribution in [0, 0.1) is 0 Å². The molecular formula is C24H17N3. The molecule has 27 heavy (non-hydrogen) atoms. The van der Waals surface area contributed by atoms with Crippen LogP contribution in [-0.4, -0.2) is 15.0 Å². The first kappa shape index (κ1) is 15.5. The van der Waals surface area contributed by atoms with Gasteiger partial charge in [-0.25, -0.2) is 9.97 Å². The van der Waals surface area contributed by atoms with E-state index in [4.69, 9.17) is 0 Å². The second-order valence-electron chi connectivity index (χ2n) is 6.51. The second-order valence-corrected chi connectivity index (χ2v) is 6.51. The maximum Gasteiger partial charge on any atom is 0.116 e. The van der Waals surface area contributed by atoms with Gasteiger partial charge in [-0.1, -0.05) is 60.7 Å². The molecule has 1 N–H and O–H groups in total. The number of benzene rings is 3. The Labute approximate surface area is 157 Å². The van der Waals surface area contributed by atoms with Crippen LogP contribution in [-0.2, 0) is 0 Å². The topological polar surface area (TPSA) is 41.6 Å². The van der Waals surface area contributed by atoms with E-state index in [1.165, 1.54) is 10.9 Å². The molecule has 3 heteroatoms. The third-order valence-electron chi connectivity index (χ3n) is 4.73.